The van der Waals surface area contributed by atoms with E-state index in [9.17, 15) is 0 Å². The minimum atomic E-state index is 0.677. The SMILES string of the molecule is Ic1cc2c3c(c1)[C@@H]1C=CC[C@@H]1CN3C[C@H]1CC=C[C@H]21. The number of fused-ring (bicyclic) bond motifs is 4. The molecule has 2 aliphatic carbocycles. The van der Waals surface area contributed by atoms with Gasteiger partial charge in [-0.25, -0.2) is 0 Å². The Balaban J connectivity index is 1.76. The average Bonchev–Trinajstić information content (AvgIpc) is 3.06. The Kier molecular flexibility index (Phi) is 2.44. The normalized spacial score (nSPS) is 36.0. The average molecular weight is 375 g/mol. The minimum Gasteiger partial charge on any atom is -0.370 e. The zero-order chi connectivity index (χ0) is 13.3. The van der Waals surface area contributed by atoms with E-state index in [1.54, 1.807) is 16.8 Å². The maximum atomic E-state index is 2.71. The summed E-state index contributed by atoms with van der Waals surface area (Å²) in [5.74, 6) is 2.99. The zero-order valence-electron chi connectivity index (χ0n) is 11.4. The third-order valence-electron chi connectivity index (χ3n) is 5.66. The summed E-state index contributed by atoms with van der Waals surface area (Å²) in [5.41, 5.74) is 4.80. The Morgan fingerprint density at radius 1 is 0.900 bits per heavy atom. The van der Waals surface area contributed by atoms with Crippen LogP contribution in [0.2, 0.25) is 0 Å². The first-order chi connectivity index (χ1) is 9.81. The van der Waals surface area contributed by atoms with E-state index in [0.717, 1.165) is 11.8 Å². The molecule has 4 atom stereocenters. The molecule has 2 heterocycles. The first kappa shape index (κ1) is 11.8. The fourth-order valence-electron chi connectivity index (χ4n) is 4.84. The van der Waals surface area contributed by atoms with Gasteiger partial charge in [0, 0.05) is 34.2 Å². The molecule has 0 bridgehead atoms. The molecule has 0 saturated carbocycles. The van der Waals surface area contributed by atoms with Gasteiger partial charge in [-0.1, -0.05) is 24.3 Å². The van der Waals surface area contributed by atoms with Crippen LogP contribution in [0, 0.1) is 15.4 Å². The van der Waals surface area contributed by atoms with Crippen molar-refractivity contribution in [3.8, 4) is 0 Å². The first-order valence-electron chi connectivity index (χ1n) is 7.73. The van der Waals surface area contributed by atoms with Crippen molar-refractivity contribution in [2.24, 2.45) is 11.8 Å². The van der Waals surface area contributed by atoms with Gasteiger partial charge in [-0.3, -0.25) is 0 Å². The number of hydrogen-bond donors (Lipinski definition) is 0. The quantitative estimate of drug-likeness (QED) is 0.479. The van der Waals surface area contributed by atoms with Crippen molar-refractivity contribution in [3.63, 3.8) is 0 Å². The molecule has 1 aromatic rings. The third kappa shape index (κ3) is 1.49. The Bertz CT molecular complexity index is 594. The summed E-state index contributed by atoms with van der Waals surface area (Å²) < 4.78 is 1.42. The van der Waals surface area contributed by atoms with E-state index < -0.39 is 0 Å². The van der Waals surface area contributed by atoms with Gasteiger partial charge in [0.25, 0.3) is 0 Å². The van der Waals surface area contributed by atoms with E-state index in [2.05, 4.69) is 63.9 Å². The lowest BCUT2D eigenvalue weighted by Crippen LogP contribution is -2.43. The van der Waals surface area contributed by atoms with E-state index in [1.807, 2.05) is 0 Å². The van der Waals surface area contributed by atoms with E-state index in [-0.39, 0.29) is 0 Å². The number of halogens is 1. The smallest absolute Gasteiger partial charge is 0.0444 e. The van der Waals surface area contributed by atoms with Gasteiger partial charge < -0.3 is 4.90 Å². The minimum absolute atomic E-state index is 0.677. The van der Waals surface area contributed by atoms with Crippen LogP contribution in [-0.4, -0.2) is 13.1 Å². The maximum Gasteiger partial charge on any atom is 0.0444 e. The standard InChI is InChI=1S/C18H18IN/c19-13-7-16-14-5-1-3-11(14)9-20-10-12-4-2-6-15(12)17(8-13)18(16)20/h1-2,5-8,11-12,14-15H,3-4,9-10H2/t11-,12-,14-,15+/m1/s1. The molecule has 2 heteroatoms. The summed E-state index contributed by atoms with van der Waals surface area (Å²) in [7, 11) is 0. The van der Waals surface area contributed by atoms with E-state index in [1.165, 1.54) is 29.5 Å². The molecule has 0 amide bonds. The van der Waals surface area contributed by atoms with Gasteiger partial charge in [-0.15, -0.1) is 0 Å². The lowest BCUT2D eigenvalue weighted by molar-refractivity contribution is 0.410. The van der Waals surface area contributed by atoms with Gasteiger partial charge in [0.15, 0.2) is 0 Å². The highest BCUT2D eigenvalue weighted by atomic mass is 127. The first-order valence-corrected chi connectivity index (χ1v) is 8.81. The van der Waals surface area contributed by atoms with Crippen molar-refractivity contribution in [1.82, 2.24) is 0 Å². The molecule has 0 radical (unpaired) electrons. The molecular weight excluding hydrogens is 357 g/mol. The van der Waals surface area contributed by atoms with Crippen LogP contribution in [0.25, 0.3) is 0 Å². The molecule has 5 rings (SSSR count). The lowest BCUT2D eigenvalue weighted by Gasteiger charge is -2.46. The fourth-order valence-corrected chi connectivity index (χ4v) is 5.51. The van der Waals surface area contributed by atoms with Crippen molar-refractivity contribution < 1.29 is 0 Å². The highest BCUT2D eigenvalue weighted by Gasteiger charge is 2.42. The molecule has 4 aliphatic rings. The number of benzene rings is 1. The summed E-state index contributed by atoms with van der Waals surface area (Å²) in [4.78, 5) is 2.71. The molecule has 0 saturated heterocycles. The van der Waals surface area contributed by atoms with Crippen molar-refractivity contribution in [3.05, 3.63) is 51.1 Å². The summed E-state index contributed by atoms with van der Waals surface area (Å²) >= 11 is 2.51. The van der Waals surface area contributed by atoms with Gasteiger partial charge in [0.05, 0.1) is 0 Å². The van der Waals surface area contributed by atoms with Crippen molar-refractivity contribution in [2.45, 2.75) is 24.7 Å². The zero-order valence-corrected chi connectivity index (χ0v) is 13.6. The van der Waals surface area contributed by atoms with E-state index >= 15 is 0 Å². The third-order valence-corrected chi connectivity index (χ3v) is 6.28. The van der Waals surface area contributed by atoms with Crippen molar-refractivity contribution >= 4 is 28.3 Å². The second-order valence-corrected chi connectivity index (χ2v) is 7.98. The number of anilines is 1. The largest absolute Gasteiger partial charge is 0.370 e. The van der Waals surface area contributed by atoms with Crippen molar-refractivity contribution in [1.29, 1.82) is 0 Å². The second kappa shape index (κ2) is 4.12. The Hall–Kier alpha value is -0.770. The molecule has 0 spiro atoms. The number of nitrogens with zero attached hydrogens (tertiary/aromatic N) is 1. The highest BCUT2D eigenvalue weighted by Crippen LogP contribution is 2.53. The van der Waals surface area contributed by atoms with Crippen molar-refractivity contribution in [2.75, 3.05) is 18.0 Å². The number of hydrogen-bond acceptors (Lipinski definition) is 1. The highest BCUT2D eigenvalue weighted by molar-refractivity contribution is 14.1. The topological polar surface area (TPSA) is 3.24 Å². The maximum absolute atomic E-state index is 2.71. The summed E-state index contributed by atoms with van der Waals surface area (Å²) in [5, 5.41) is 0. The molecule has 20 heavy (non-hydrogen) atoms. The van der Waals surface area contributed by atoms with Gasteiger partial charge >= 0.3 is 0 Å². The van der Waals surface area contributed by atoms with Crippen LogP contribution in [0.4, 0.5) is 5.69 Å². The molecule has 1 aromatic carbocycles. The number of rotatable bonds is 0. The van der Waals surface area contributed by atoms with Crippen LogP contribution < -0.4 is 4.90 Å². The Morgan fingerprint density at radius 3 is 2.00 bits per heavy atom. The van der Waals surface area contributed by atoms with Crippen LogP contribution in [0.5, 0.6) is 0 Å². The Labute approximate surface area is 133 Å². The lowest BCUT2D eigenvalue weighted by atomic mass is 9.75. The second-order valence-electron chi connectivity index (χ2n) is 6.74. The predicted octanol–water partition coefficient (Wildman–Crippen LogP) is 4.44. The van der Waals surface area contributed by atoms with Crippen LogP contribution >= 0.6 is 22.6 Å². The van der Waals surface area contributed by atoms with Gasteiger partial charge in [0.2, 0.25) is 0 Å². The fraction of sp³-hybridized carbons (Fsp3) is 0.444. The molecule has 0 fully saturated rings. The van der Waals surface area contributed by atoms with Crippen LogP contribution in [-0.2, 0) is 0 Å². The van der Waals surface area contributed by atoms with E-state index in [0.29, 0.717) is 11.8 Å². The monoisotopic (exact) mass is 375 g/mol. The molecule has 0 aromatic heterocycles. The summed E-state index contributed by atoms with van der Waals surface area (Å²) in [6, 6.07) is 4.88. The molecule has 0 N–H and O–H groups in total. The van der Waals surface area contributed by atoms with Crippen LogP contribution in [0.15, 0.2) is 36.4 Å². The van der Waals surface area contributed by atoms with Gasteiger partial charge in [-0.2, -0.15) is 0 Å². The predicted molar refractivity (Wildman–Crippen MR) is 91.3 cm³/mol. The number of allylic oxidation sites excluding steroid dienone is 4. The summed E-state index contributed by atoms with van der Waals surface area (Å²) in [6.07, 6.45) is 12.3. The molecule has 102 valence electrons. The van der Waals surface area contributed by atoms with Crippen LogP contribution in [0.1, 0.15) is 35.8 Å². The molecule has 2 aliphatic heterocycles. The van der Waals surface area contributed by atoms with Crippen LogP contribution in [0.3, 0.4) is 0 Å². The van der Waals surface area contributed by atoms with E-state index in [4.69, 9.17) is 0 Å². The molecular formula is C18H18IN. The molecule has 0 unspecified atom stereocenters. The Morgan fingerprint density at radius 2 is 1.45 bits per heavy atom. The van der Waals surface area contributed by atoms with Gasteiger partial charge in [-0.05, 0) is 70.5 Å². The summed E-state index contributed by atoms with van der Waals surface area (Å²) in [6.45, 7) is 2.53. The van der Waals surface area contributed by atoms with Gasteiger partial charge in [0.1, 0.15) is 0 Å². The molecule has 1 nitrogen and oxygen atoms in total.